The van der Waals surface area contributed by atoms with Gasteiger partial charge in [0.15, 0.2) is 11.0 Å². The van der Waals surface area contributed by atoms with Gasteiger partial charge in [0.05, 0.1) is 13.7 Å². The molecule has 0 amide bonds. The summed E-state index contributed by atoms with van der Waals surface area (Å²) in [7, 11) is 1.59. The fourth-order valence-corrected chi connectivity index (χ4v) is 2.77. The SMILES string of the molecule is CCC/C=C(/N=C(\c1cnc(Cl)c(F)c1C)N1CCCOCC1)OC. The molecule has 1 aliphatic rings. The fourth-order valence-electron chi connectivity index (χ4n) is 2.58. The molecule has 0 spiro atoms. The number of aromatic nitrogens is 1. The number of methoxy groups -OCH3 is 1. The van der Waals surface area contributed by atoms with Crippen LogP contribution in [-0.4, -0.2) is 49.1 Å². The minimum Gasteiger partial charge on any atom is -0.481 e. The molecular weight excluding hydrogens is 345 g/mol. The van der Waals surface area contributed by atoms with Crippen LogP contribution in [0.3, 0.4) is 0 Å². The summed E-state index contributed by atoms with van der Waals surface area (Å²) in [5.41, 5.74) is 1.04. The smallest absolute Gasteiger partial charge is 0.210 e. The van der Waals surface area contributed by atoms with Crippen LogP contribution in [0.4, 0.5) is 4.39 Å². The van der Waals surface area contributed by atoms with E-state index in [0.717, 1.165) is 25.8 Å². The molecule has 0 atom stereocenters. The van der Waals surface area contributed by atoms with Crippen LogP contribution in [0.25, 0.3) is 0 Å². The number of rotatable bonds is 5. The van der Waals surface area contributed by atoms with Crippen molar-refractivity contribution in [1.82, 2.24) is 9.88 Å². The van der Waals surface area contributed by atoms with Gasteiger partial charge in [0.1, 0.15) is 5.84 Å². The summed E-state index contributed by atoms with van der Waals surface area (Å²) in [6.07, 6.45) is 6.23. The number of allylic oxidation sites excluding steroid dienone is 1. The molecule has 1 aromatic rings. The largest absolute Gasteiger partial charge is 0.481 e. The maximum absolute atomic E-state index is 14.3. The number of pyridine rings is 1. The Labute approximate surface area is 153 Å². The van der Waals surface area contributed by atoms with E-state index in [9.17, 15) is 4.39 Å². The molecule has 7 heteroatoms. The number of ether oxygens (including phenoxy) is 2. The number of hydrogen-bond acceptors (Lipinski definition) is 4. The molecule has 5 nitrogen and oxygen atoms in total. The first-order chi connectivity index (χ1) is 12.1. The lowest BCUT2D eigenvalue weighted by molar-refractivity contribution is 0.147. The standard InChI is InChI=1S/C18H25ClFN3O2/c1-4-5-7-15(24-3)22-18(23-8-6-10-25-11-9-23)14-12-21-17(19)16(20)13(14)2/h7,12H,4-6,8-11H2,1-3H3/b15-7-,22-18+. The predicted octanol–water partition coefficient (Wildman–Crippen LogP) is 3.94. The highest BCUT2D eigenvalue weighted by Gasteiger charge is 2.21. The molecule has 138 valence electrons. The highest BCUT2D eigenvalue weighted by molar-refractivity contribution is 6.29. The average Bonchev–Trinajstić information content (AvgIpc) is 2.90. The van der Waals surface area contributed by atoms with Gasteiger partial charge in [-0.05, 0) is 25.8 Å². The topological polar surface area (TPSA) is 47.0 Å². The number of hydrogen-bond donors (Lipinski definition) is 0. The van der Waals surface area contributed by atoms with Crippen LogP contribution < -0.4 is 0 Å². The van der Waals surface area contributed by atoms with E-state index in [0.29, 0.717) is 42.6 Å². The van der Waals surface area contributed by atoms with Gasteiger partial charge in [-0.15, -0.1) is 0 Å². The predicted molar refractivity (Wildman–Crippen MR) is 97.5 cm³/mol. The monoisotopic (exact) mass is 369 g/mol. The van der Waals surface area contributed by atoms with Crippen LogP contribution in [0.2, 0.25) is 5.15 Å². The maximum atomic E-state index is 14.3. The van der Waals surface area contributed by atoms with Crippen LogP contribution in [0, 0.1) is 12.7 Å². The Kier molecular flexibility index (Phi) is 7.65. The van der Waals surface area contributed by atoms with Gasteiger partial charge in [0.2, 0.25) is 5.88 Å². The summed E-state index contributed by atoms with van der Waals surface area (Å²) in [6, 6.07) is 0. The average molecular weight is 370 g/mol. The van der Waals surface area contributed by atoms with Gasteiger partial charge in [-0.25, -0.2) is 9.37 Å². The number of nitrogens with zero attached hydrogens (tertiary/aromatic N) is 3. The molecule has 2 rings (SSSR count). The quantitative estimate of drug-likeness (QED) is 0.341. The van der Waals surface area contributed by atoms with E-state index in [1.54, 1.807) is 20.2 Å². The Morgan fingerprint density at radius 2 is 2.28 bits per heavy atom. The zero-order chi connectivity index (χ0) is 18.2. The lowest BCUT2D eigenvalue weighted by atomic mass is 10.1. The Hall–Kier alpha value is -1.66. The maximum Gasteiger partial charge on any atom is 0.210 e. The fraction of sp³-hybridized carbons (Fsp3) is 0.556. The minimum absolute atomic E-state index is 0.131. The highest BCUT2D eigenvalue weighted by Crippen LogP contribution is 2.22. The van der Waals surface area contributed by atoms with Crippen LogP contribution in [0.5, 0.6) is 0 Å². The Morgan fingerprint density at radius 1 is 1.48 bits per heavy atom. The van der Waals surface area contributed by atoms with E-state index >= 15 is 0 Å². The van der Waals surface area contributed by atoms with Crippen molar-refractivity contribution in [2.24, 2.45) is 4.99 Å². The second kappa shape index (κ2) is 9.73. The highest BCUT2D eigenvalue weighted by atomic mass is 35.5. The third-order valence-electron chi connectivity index (χ3n) is 4.02. The first-order valence-corrected chi connectivity index (χ1v) is 8.92. The number of aliphatic imine (C=N–C) groups is 1. The van der Waals surface area contributed by atoms with E-state index in [1.807, 2.05) is 6.08 Å². The van der Waals surface area contributed by atoms with Crippen molar-refractivity contribution in [3.8, 4) is 0 Å². The van der Waals surface area contributed by atoms with E-state index in [1.165, 1.54) is 0 Å². The van der Waals surface area contributed by atoms with Crippen molar-refractivity contribution < 1.29 is 13.9 Å². The van der Waals surface area contributed by atoms with E-state index < -0.39 is 5.82 Å². The third kappa shape index (κ3) is 5.16. The van der Waals surface area contributed by atoms with E-state index in [-0.39, 0.29) is 5.15 Å². The van der Waals surface area contributed by atoms with Crippen molar-refractivity contribution in [3.63, 3.8) is 0 Å². The summed E-state index contributed by atoms with van der Waals surface area (Å²) in [5.74, 6) is 0.626. The Morgan fingerprint density at radius 3 is 3.00 bits per heavy atom. The molecular formula is C18H25ClFN3O2. The lowest BCUT2D eigenvalue weighted by Crippen LogP contribution is -2.35. The summed E-state index contributed by atoms with van der Waals surface area (Å²) < 4.78 is 25.2. The molecule has 0 unspecified atom stereocenters. The van der Waals surface area contributed by atoms with Gasteiger partial charge < -0.3 is 14.4 Å². The van der Waals surface area contributed by atoms with E-state index in [2.05, 4.69) is 21.8 Å². The van der Waals surface area contributed by atoms with Crippen LogP contribution in [0.1, 0.15) is 37.3 Å². The van der Waals surface area contributed by atoms with Crippen molar-refractivity contribution >= 4 is 17.4 Å². The van der Waals surface area contributed by atoms with Crippen molar-refractivity contribution in [2.75, 3.05) is 33.4 Å². The minimum atomic E-state index is -0.519. The molecule has 0 radical (unpaired) electrons. The van der Waals surface area contributed by atoms with Gasteiger partial charge >= 0.3 is 0 Å². The summed E-state index contributed by atoms with van der Waals surface area (Å²) in [4.78, 5) is 10.7. The third-order valence-corrected chi connectivity index (χ3v) is 4.28. The van der Waals surface area contributed by atoms with Crippen molar-refractivity contribution in [1.29, 1.82) is 0 Å². The molecule has 1 aromatic heterocycles. The number of halogens is 2. The van der Waals surface area contributed by atoms with Gasteiger partial charge in [-0.1, -0.05) is 24.9 Å². The molecule has 0 bridgehead atoms. The molecule has 1 saturated heterocycles. The molecule has 0 aromatic carbocycles. The number of unbranched alkanes of at least 4 members (excludes halogenated alkanes) is 1. The van der Waals surface area contributed by atoms with Gasteiger partial charge in [-0.2, -0.15) is 4.99 Å². The summed E-state index contributed by atoms with van der Waals surface area (Å²) in [5, 5.41) is -0.131. The Bertz CT molecular complexity index is 641. The molecule has 0 aliphatic carbocycles. The van der Waals surface area contributed by atoms with Crippen molar-refractivity contribution in [3.05, 3.63) is 40.3 Å². The number of amidine groups is 1. The molecule has 1 aliphatic heterocycles. The molecule has 25 heavy (non-hydrogen) atoms. The molecule has 0 saturated carbocycles. The first kappa shape index (κ1) is 19.7. The van der Waals surface area contributed by atoms with Gasteiger partial charge in [0.25, 0.3) is 0 Å². The summed E-state index contributed by atoms with van der Waals surface area (Å²) in [6.45, 7) is 6.52. The van der Waals surface area contributed by atoms with E-state index in [4.69, 9.17) is 21.1 Å². The zero-order valence-electron chi connectivity index (χ0n) is 15.0. The molecule has 0 N–H and O–H groups in total. The molecule has 2 heterocycles. The second-order valence-electron chi connectivity index (χ2n) is 5.83. The lowest BCUT2D eigenvalue weighted by Gasteiger charge is -2.25. The van der Waals surface area contributed by atoms with Crippen LogP contribution in [-0.2, 0) is 9.47 Å². The van der Waals surface area contributed by atoms with Gasteiger partial charge in [-0.3, -0.25) is 0 Å². The first-order valence-electron chi connectivity index (χ1n) is 8.55. The van der Waals surface area contributed by atoms with Gasteiger partial charge in [0, 0.05) is 37.0 Å². The van der Waals surface area contributed by atoms with Crippen molar-refractivity contribution in [2.45, 2.75) is 33.1 Å². The Balaban J connectivity index is 2.50. The summed E-state index contributed by atoms with van der Waals surface area (Å²) >= 11 is 5.81. The van der Waals surface area contributed by atoms with Crippen LogP contribution >= 0.6 is 11.6 Å². The normalized spacial score (nSPS) is 16.8. The van der Waals surface area contributed by atoms with Crippen LogP contribution in [0.15, 0.2) is 23.1 Å². The molecule has 1 fully saturated rings. The second-order valence-corrected chi connectivity index (χ2v) is 6.18. The zero-order valence-corrected chi connectivity index (χ0v) is 15.8.